The summed E-state index contributed by atoms with van der Waals surface area (Å²) >= 11 is 0. The molecule has 0 aliphatic carbocycles. The summed E-state index contributed by atoms with van der Waals surface area (Å²) in [6.45, 7) is 2.73. The molecule has 3 rings (SSSR count). The SMILES string of the molecule is C[C@@H](c1ccon1)N(C)C(=O)c1ccc(OC2CCN(S(=O)(=O)N(C)C)CC2)cc1. The normalized spacial score (nSPS) is 17.1. The quantitative estimate of drug-likeness (QED) is 0.660. The molecule has 1 aliphatic heterocycles. The topological polar surface area (TPSA) is 96.2 Å². The molecule has 0 N–H and O–H groups in total. The monoisotopic (exact) mass is 436 g/mol. The maximum atomic E-state index is 12.7. The van der Waals surface area contributed by atoms with Gasteiger partial charge in [-0.25, -0.2) is 0 Å². The summed E-state index contributed by atoms with van der Waals surface area (Å²) in [6.07, 6.45) is 2.66. The zero-order chi connectivity index (χ0) is 21.9. The van der Waals surface area contributed by atoms with Gasteiger partial charge in [-0.1, -0.05) is 5.16 Å². The largest absolute Gasteiger partial charge is 0.490 e. The molecule has 2 aromatic rings. The fourth-order valence-electron chi connectivity index (χ4n) is 3.30. The summed E-state index contributed by atoms with van der Waals surface area (Å²) < 4.78 is 37.9. The molecule has 1 atom stereocenters. The number of benzene rings is 1. The lowest BCUT2D eigenvalue weighted by molar-refractivity contribution is 0.0737. The lowest BCUT2D eigenvalue weighted by atomic mass is 10.1. The van der Waals surface area contributed by atoms with Gasteiger partial charge in [-0.2, -0.15) is 17.0 Å². The molecule has 1 fully saturated rings. The van der Waals surface area contributed by atoms with Gasteiger partial charge in [0.2, 0.25) is 0 Å². The highest BCUT2D eigenvalue weighted by Crippen LogP contribution is 2.23. The molecule has 0 radical (unpaired) electrons. The lowest BCUT2D eigenvalue weighted by Crippen LogP contribution is -2.46. The smallest absolute Gasteiger partial charge is 0.281 e. The molecule has 10 heteroatoms. The second-order valence-electron chi connectivity index (χ2n) is 7.55. The second kappa shape index (κ2) is 9.15. The molecule has 1 saturated heterocycles. The van der Waals surface area contributed by atoms with E-state index >= 15 is 0 Å². The van der Waals surface area contributed by atoms with E-state index < -0.39 is 10.2 Å². The van der Waals surface area contributed by atoms with Gasteiger partial charge in [-0.3, -0.25) is 4.79 Å². The minimum atomic E-state index is -3.38. The molecular formula is C20H28N4O5S. The van der Waals surface area contributed by atoms with Gasteiger partial charge in [0.1, 0.15) is 23.8 Å². The molecule has 1 aromatic carbocycles. The first-order valence-corrected chi connectivity index (χ1v) is 11.2. The van der Waals surface area contributed by atoms with Crippen molar-refractivity contribution in [3.63, 3.8) is 0 Å². The number of aromatic nitrogens is 1. The minimum absolute atomic E-state index is 0.0602. The van der Waals surface area contributed by atoms with Crippen molar-refractivity contribution in [2.24, 2.45) is 0 Å². The van der Waals surface area contributed by atoms with Crippen molar-refractivity contribution in [1.29, 1.82) is 0 Å². The number of piperidine rings is 1. The van der Waals surface area contributed by atoms with Crippen LogP contribution in [-0.4, -0.2) is 73.3 Å². The van der Waals surface area contributed by atoms with E-state index in [1.807, 2.05) is 6.92 Å². The lowest BCUT2D eigenvalue weighted by Gasteiger charge is -2.32. The van der Waals surface area contributed by atoms with Gasteiger partial charge in [0.15, 0.2) is 0 Å². The Hall–Kier alpha value is -2.43. The Bertz CT molecular complexity index is 936. The number of hydrogen-bond donors (Lipinski definition) is 0. The number of carbonyl (C=O) groups excluding carboxylic acids is 1. The number of ether oxygens (including phenoxy) is 1. The first-order valence-electron chi connectivity index (χ1n) is 9.82. The van der Waals surface area contributed by atoms with Crippen molar-refractivity contribution >= 4 is 16.1 Å². The van der Waals surface area contributed by atoms with Crippen LogP contribution in [0, 0.1) is 0 Å². The Labute approximate surface area is 177 Å². The summed E-state index contributed by atoms with van der Waals surface area (Å²) in [5.74, 6) is 0.534. The summed E-state index contributed by atoms with van der Waals surface area (Å²) in [6, 6.07) is 8.52. The predicted octanol–water partition coefficient (Wildman–Crippen LogP) is 2.16. The van der Waals surface area contributed by atoms with Gasteiger partial charge in [-0.15, -0.1) is 0 Å². The van der Waals surface area contributed by atoms with Crippen LogP contribution in [0.2, 0.25) is 0 Å². The van der Waals surface area contributed by atoms with Crippen molar-refractivity contribution in [3.8, 4) is 5.75 Å². The van der Waals surface area contributed by atoms with Gasteiger partial charge in [-0.05, 0) is 44.0 Å². The molecule has 1 aliphatic rings. The van der Waals surface area contributed by atoms with E-state index in [0.717, 1.165) is 0 Å². The van der Waals surface area contributed by atoms with Gasteiger partial charge >= 0.3 is 0 Å². The average Bonchev–Trinajstić information content (AvgIpc) is 3.28. The number of rotatable bonds is 7. The van der Waals surface area contributed by atoms with E-state index in [9.17, 15) is 13.2 Å². The van der Waals surface area contributed by atoms with Gasteiger partial charge in [0.05, 0.1) is 6.04 Å². The van der Waals surface area contributed by atoms with E-state index in [4.69, 9.17) is 9.26 Å². The van der Waals surface area contributed by atoms with Gasteiger partial charge in [0, 0.05) is 45.9 Å². The van der Waals surface area contributed by atoms with E-state index in [1.165, 1.54) is 29.0 Å². The predicted molar refractivity (Wildman–Crippen MR) is 111 cm³/mol. The van der Waals surface area contributed by atoms with Crippen LogP contribution in [0.4, 0.5) is 0 Å². The maximum Gasteiger partial charge on any atom is 0.281 e. The third-order valence-corrected chi connectivity index (χ3v) is 7.32. The van der Waals surface area contributed by atoms with E-state index in [-0.39, 0.29) is 18.1 Å². The number of hydrogen-bond acceptors (Lipinski definition) is 6. The Balaban J connectivity index is 1.56. The summed E-state index contributed by atoms with van der Waals surface area (Å²) in [4.78, 5) is 14.3. The Kier molecular flexibility index (Phi) is 6.79. The Morgan fingerprint density at radius 1 is 1.17 bits per heavy atom. The molecule has 2 heterocycles. The molecule has 164 valence electrons. The number of nitrogens with zero attached hydrogens (tertiary/aromatic N) is 4. The molecule has 0 spiro atoms. The first kappa shape index (κ1) is 22.3. The zero-order valence-electron chi connectivity index (χ0n) is 17.7. The number of amides is 1. The van der Waals surface area contributed by atoms with Crippen molar-refractivity contribution in [1.82, 2.24) is 18.7 Å². The number of carbonyl (C=O) groups is 1. The third-order valence-electron chi connectivity index (χ3n) is 5.38. The van der Waals surface area contributed by atoms with Crippen molar-refractivity contribution < 1.29 is 22.5 Å². The van der Waals surface area contributed by atoms with Crippen LogP contribution in [-0.2, 0) is 10.2 Å². The molecule has 0 unspecified atom stereocenters. The third kappa shape index (κ3) is 4.82. The fraction of sp³-hybridized carbons (Fsp3) is 0.500. The molecule has 0 bridgehead atoms. The van der Waals surface area contributed by atoms with Crippen molar-refractivity contribution in [3.05, 3.63) is 47.9 Å². The summed E-state index contributed by atoms with van der Waals surface area (Å²) in [7, 11) is 1.40. The van der Waals surface area contributed by atoms with Crippen LogP contribution in [0.3, 0.4) is 0 Å². The van der Waals surface area contributed by atoms with Crippen LogP contribution < -0.4 is 4.74 Å². The van der Waals surface area contributed by atoms with E-state index in [0.29, 0.717) is 42.9 Å². The van der Waals surface area contributed by atoms with E-state index in [1.54, 1.807) is 42.3 Å². The maximum absolute atomic E-state index is 12.7. The minimum Gasteiger partial charge on any atom is -0.490 e. The molecule has 1 amide bonds. The highest BCUT2D eigenvalue weighted by Gasteiger charge is 2.30. The van der Waals surface area contributed by atoms with Crippen LogP contribution >= 0.6 is 0 Å². The van der Waals surface area contributed by atoms with Crippen molar-refractivity contribution in [2.45, 2.75) is 31.9 Å². The average molecular weight is 437 g/mol. The molecule has 1 aromatic heterocycles. The standard InChI is InChI=1S/C20H28N4O5S/c1-15(19-11-14-28-21-19)23(4)20(25)16-5-7-17(8-6-16)29-18-9-12-24(13-10-18)30(26,27)22(2)3/h5-8,11,14-15,18H,9-10,12-13H2,1-4H3/t15-/m0/s1. The molecule has 30 heavy (non-hydrogen) atoms. The van der Waals surface area contributed by atoms with Crippen LogP contribution in [0.5, 0.6) is 5.75 Å². The van der Waals surface area contributed by atoms with Crippen LogP contribution in [0.1, 0.15) is 41.9 Å². The van der Waals surface area contributed by atoms with Crippen LogP contribution in [0.25, 0.3) is 0 Å². The Morgan fingerprint density at radius 3 is 2.33 bits per heavy atom. The zero-order valence-corrected chi connectivity index (χ0v) is 18.5. The summed E-state index contributed by atoms with van der Waals surface area (Å²) in [5, 5.41) is 3.89. The summed E-state index contributed by atoms with van der Waals surface area (Å²) in [5.41, 5.74) is 1.24. The van der Waals surface area contributed by atoms with Gasteiger partial charge < -0.3 is 14.2 Å². The molecule has 0 saturated carbocycles. The van der Waals surface area contributed by atoms with Crippen molar-refractivity contribution in [2.75, 3.05) is 34.2 Å². The highest BCUT2D eigenvalue weighted by atomic mass is 32.2. The molecular weight excluding hydrogens is 408 g/mol. The van der Waals surface area contributed by atoms with E-state index in [2.05, 4.69) is 5.16 Å². The second-order valence-corrected chi connectivity index (χ2v) is 9.69. The first-order chi connectivity index (χ1) is 14.2. The Morgan fingerprint density at radius 2 is 1.80 bits per heavy atom. The highest BCUT2D eigenvalue weighted by molar-refractivity contribution is 7.86. The molecule has 9 nitrogen and oxygen atoms in total. The van der Waals surface area contributed by atoms with Crippen LogP contribution in [0.15, 0.2) is 41.1 Å². The van der Waals surface area contributed by atoms with Gasteiger partial charge in [0.25, 0.3) is 16.1 Å². The fourth-order valence-corrected chi connectivity index (χ4v) is 4.43.